The van der Waals surface area contributed by atoms with Gasteiger partial charge in [0.25, 0.3) is 5.91 Å². The Kier molecular flexibility index (Phi) is 4.28. The van der Waals surface area contributed by atoms with Gasteiger partial charge in [0, 0.05) is 18.7 Å². The van der Waals surface area contributed by atoms with Crippen molar-refractivity contribution >= 4 is 17.5 Å². The molecule has 1 aromatic rings. The average Bonchev–Trinajstić information content (AvgIpc) is 2.26. The molecule has 0 saturated heterocycles. The molecule has 0 atom stereocenters. The Labute approximate surface area is 105 Å². The van der Waals surface area contributed by atoms with Crippen LogP contribution in [0.4, 0.5) is 5.69 Å². The highest BCUT2D eigenvalue weighted by Gasteiger charge is 2.20. The van der Waals surface area contributed by atoms with Gasteiger partial charge in [0.1, 0.15) is 5.75 Å². The van der Waals surface area contributed by atoms with Crippen LogP contribution in [0.3, 0.4) is 0 Å². The number of benzene rings is 1. The summed E-state index contributed by atoms with van der Waals surface area (Å²) >= 11 is 0. The van der Waals surface area contributed by atoms with E-state index in [9.17, 15) is 19.9 Å². The predicted octanol–water partition coefficient (Wildman–Crippen LogP) is 1.59. The lowest BCUT2D eigenvalue weighted by atomic mass is 10.1. The van der Waals surface area contributed by atoms with E-state index in [1.165, 1.54) is 25.1 Å². The summed E-state index contributed by atoms with van der Waals surface area (Å²) in [6.45, 7) is 4.62. The number of hydrogen-bond acceptors (Lipinski definition) is 4. The van der Waals surface area contributed by atoms with E-state index in [2.05, 4.69) is 5.32 Å². The van der Waals surface area contributed by atoms with Crippen molar-refractivity contribution in [2.24, 2.45) is 0 Å². The maximum atomic E-state index is 11.8. The Hall–Kier alpha value is -2.08. The van der Waals surface area contributed by atoms with Gasteiger partial charge in [-0.2, -0.15) is 0 Å². The average molecular weight is 252 g/mol. The van der Waals surface area contributed by atoms with Crippen LogP contribution in [0, 0.1) is 0 Å². The number of carbonyl (C=O) groups is 2. The molecular weight excluding hydrogens is 236 g/mol. The van der Waals surface area contributed by atoms with Crippen LogP contribution in [0.25, 0.3) is 0 Å². The van der Waals surface area contributed by atoms with E-state index in [1.54, 1.807) is 13.8 Å². The lowest BCUT2D eigenvalue weighted by Crippen LogP contribution is -2.33. The minimum Gasteiger partial charge on any atom is -0.507 e. The first kappa shape index (κ1) is 14.0. The number of carbonyl (C=O) groups excluding carboxylic acids is 2. The Bertz CT molecular complexity index is 471. The van der Waals surface area contributed by atoms with Gasteiger partial charge in [0.05, 0.1) is 11.6 Å². The molecule has 0 fully saturated rings. The van der Waals surface area contributed by atoms with Crippen LogP contribution in [0.2, 0.25) is 0 Å². The number of hydrogen-bond donors (Lipinski definition) is 3. The number of anilines is 1. The van der Waals surface area contributed by atoms with Gasteiger partial charge in [-0.3, -0.25) is 14.8 Å². The zero-order valence-electron chi connectivity index (χ0n) is 10.5. The Morgan fingerprint density at radius 3 is 2.39 bits per heavy atom. The van der Waals surface area contributed by atoms with Crippen LogP contribution in [0.15, 0.2) is 18.2 Å². The Balaban J connectivity index is 2.98. The summed E-state index contributed by atoms with van der Waals surface area (Å²) in [7, 11) is 0. The van der Waals surface area contributed by atoms with Crippen LogP contribution in [-0.4, -0.2) is 33.2 Å². The summed E-state index contributed by atoms with van der Waals surface area (Å²) in [6.07, 6.45) is 0. The molecule has 98 valence electrons. The van der Waals surface area contributed by atoms with Crippen molar-refractivity contribution in [3.8, 4) is 5.75 Å². The molecule has 6 nitrogen and oxygen atoms in total. The zero-order valence-corrected chi connectivity index (χ0v) is 10.5. The first-order valence-corrected chi connectivity index (χ1v) is 5.46. The van der Waals surface area contributed by atoms with Crippen LogP contribution in [-0.2, 0) is 4.79 Å². The first-order valence-electron chi connectivity index (χ1n) is 5.46. The molecule has 0 unspecified atom stereocenters. The second-order valence-corrected chi connectivity index (χ2v) is 4.16. The largest absolute Gasteiger partial charge is 0.507 e. The Morgan fingerprint density at radius 2 is 1.94 bits per heavy atom. The number of rotatable bonds is 3. The van der Waals surface area contributed by atoms with Crippen LogP contribution in [0.5, 0.6) is 5.75 Å². The smallest absolute Gasteiger partial charge is 0.281 e. The number of phenolic OH excluding ortho intramolecular Hbond substituents is 1. The number of aromatic hydroxyl groups is 1. The molecule has 6 heteroatoms. The van der Waals surface area contributed by atoms with E-state index in [1.807, 2.05) is 0 Å². The van der Waals surface area contributed by atoms with Gasteiger partial charge in [-0.1, -0.05) is 0 Å². The third kappa shape index (κ3) is 3.21. The van der Waals surface area contributed by atoms with Crippen molar-refractivity contribution in [1.29, 1.82) is 0 Å². The van der Waals surface area contributed by atoms with Crippen molar-refractivity contribution in [1.82, 2.24) is 5.06 Å². The van der Waals surface area contributed by atoms with E-state index in [-0.39, 0.29) is 17.2 Å². The molecule has 18 heavy (non-hydrogen) atoms. The van der Waals surface area contributed by atoms with Crippen molar-refractivity contribution in [2.75, 3.05) is 5.32 Å². The minimum absolute atomic E-state index is 0.0275. The minimum atomic E-state index is -0.697. The monoisotopic (exact) mass is 252 g/mol. The molecule has 0 spiro atoms. The molecule has 0 radical (unpaired) electrons. The fourth-order valence-electron chi connectivity index (χ4n) is 1.35. The molecule has 0 aromatic heterocycles. The van der Waals surface area contributed by atoms with Crippen LogP contribution >= 0.6 is 0 Å². The molecule has 1 aromatic carbocycles. The number of amides is 2. The molecule has 1 rings (SSSR count). The van der Waals surface area contributed by atoms with Gasteiger partial charge >= 0.3 is 0 Å². The second kappa shape index (κ2) is 5.50. The molecule has 0 aliphatic heterocycles. The highest BCUT2D eigenvalue weighted by atomic mass is 16.5. The van der Waals surface area contributed by atoms with Gasteiger partial charge in [0.2, 0.25) is 5.91 Å². The van der Waals surface area contributed by atoms with Crippen molar-refractivity contribution in [3.05, 3.63) is 23.8 Å². The van der Waals surface area contributed by atoms with Gasteiger partial charge < -0.3 is 10.4 Å². The van der Waals surface area contributed by atoms with Gasteiger partial charge in [-0.05, 0) is 26.0 Å². The lowest BCUT2D eigenvalue weighted by molar-refractivity contribution is -0.114. The van der Waals surface area contributed by atoms with Gasteiger partial charge in [-0.15, -0.1) is 0 Å². The fourth-order valence-corrected chi connectivity index (χ4v) is 1.35. The van der Waals surface area contributed by atoms with Crippen LogP contribution in [0.1, 0.15) is 31.1 Å². The third-order valence-electron chi connectivity index (χ3n) is 2.25. The molecule has 0 aliphatic rings. The topological polar surface area (TPSA) is 89.9 Å². The summed E-state index contributed by atoms with van der Waals surface area (Å²) in [5.41, 5.74) is 0.353. The highest BCUT2D eigenvalue weighted by Crippen LogP contribution is 2.23. The van der Waals surface area contributed by atoms with E-state index in [0.29, 0.717) is 10.8 Å². The maximum Gasteiger partial charge on any atom is 0.281 e. The number of phenols is 1. The molecule has 2 amide bonds. The summed E-state index contributed by atoms with van der Waals surface area (Å²) in [5, 5.41) is 22.2. The van der Waals surface area contributed by atoms with Crippen molar-refractivity contribution in [2.45, 2.75) is 26.8 Å². The predicted molar refractivity (Wildman–Crippen MR) is 65.5 cm³/mol. The maximum absolute atomic E-state index is 11.8. The van der Waals surface area contributed by atoms with E-state index >= 15 is 0 Å². The third-order valence-corrected chi connectivity index (χ3v) is 2.25. The van der Waals surface area contributed by atoms with Crippen molar-refractivity contribution < 1.29 is 19.9 Å². The number of nitrogens with zero attached hydrogens (tertiary/aromatic N) is 1. The molecule has 3 N–H and O–H groups in total. The quantitative estimate of drug-likeness (QED) is 0.563. The van der Waals surface area contributed by atoms with Crippen LogP contribution < -0.4 is 5.32 Å². The molecule has 0 aliphatic carbocycles. The normalized spacial score (nSPS) is 10.3. The SMILES string of the molecule is CC(=O)Nc1ccc(C(=O)N(O)C(C)C)c(O)c1. The summed E-state index contributed by atoms with van der Waals surface area (Å²) in [6, 6.07) is 3.67. The first-order chi connectivity index (χ1) is 8.32. The van der Waals surface area contributed by atoms with E-state index in [0.717, 1.165) is 0 Å². The summed E-state index contributed by atoms with van der Waals surface area (Å²) in [4.78, 5) is 22.6. The van der Waals surface area contributed by atoms with E-state index in [4.69, 9.17) is 0 Å². The van der Waals surface area contributed by atoms with Crippen molar-refractivity contribution in [3.63, 3.8) is 0 Å². The lowest BCUT2D eigenvalue weighted by Gasteiger charge is -2.19. The summed E-state index contributed by atoms with van der Waals surface area (Å²) in [5.74, 6) is -1.28. The molecular formula is C12H16N2O4. The zero-order chi connectivity index (χ0) is 13.9. The van der Waals surface area contributed by atoms with E-state index < -0.39 is 11.9 Å². The highest BCUT2D eigenvalue weighted by molar-refractivity contribution is 5.97. The molecule has 0 heterocycles. The Morgan fingerprint density at radius 1 is 1.33 bits per heavy atom. The fraction of sp³-hybridized carbons (Fsp3) is 0.333. The number of nitrogens with one attached hydrogen (secondary N) is 1. The number of hydroxylamine groups is 2. The standard InChI is InChI=1S/C12H16N2O4/c1-7(2)14(18)12(17)10-5-4-9(6-11(10)16)13-8(3)15/h4-7,16,18H,1-3H3,(H,13,15). The second-order valence-electron chi connectivity index (χ2n) is 4.16. The molecule has 0 saturated carbocycles. The van der Waals surface area contributed by atoms with Gasteiger partial charge in [0.15, 0.2) is 0 Å². The summed E-state index contributed by atoms with van der Waals surface area (Å²) < 4.78 is 0. The molecule has 0 bridgehead atoms. The van der Waals surface area contributed by atoms with Gasteiger partial charge in [-0.25, -0.2) is 5.06 Å².